The monoisotopic (exact) mass is 384 g/mol. The summed E-state index contributed by atoms with van der Waals surface area (Å²) in [7, 11) is 0. The van der Waals surface area contributed by atoms with Crippen LogP contribution in [0, 0.1) is 6.92 Å². The predicted octanol–water partition coefficient (Wildman–Crippen LogP) is 3.94. The fourth-order valence-corrected chi connectivity index (χ4v) is 2.72. The first kappa shape index (κ1) is 16.5. The van der Waals surface area contributed by atoms with Gasteiger partial charge in [0.15, 0.2) is 0 Å². The molecular formula is C19H17BrN2O2. The van der Waals surface area contributed by atoms with Crippen molar-refractivity contribution in [3.05, 3.63) is 92.4 Å². The molecule has 0 atom stereocenters. The van der Waals surface area contributed by atoms with E-state index in [1.54, 1.807) is 4.57 Å². The van der Waals surface area contributed by atoms with Gasteiger partial charge in [-0.05, 0) is 34.0 Å². The summed E-state index contributed by atoms with van der Waals surface area (Å²) < 4.78 is 7.57. The van der Waals surface area contributed by atoms with Crippen molar-refractivity contribution in [3.8, 4) is 5.88 Å². The highest BCUT2D eigenvalue weighted by atomic mass is 79.9. The number of hydrogen-bond acceptors (Lipinski definition) is 3. The Balaban J connectivity index is 1.75. The van der Waals surface area contributed by atoms with Crippen molar-refractivity contribution in [3.63, 3.8) is 0 Å². The molecule has 0 aliphatic carbocycles. The van der Waals surface area contributed by atoms with E-state index in [9.17, 15) is 4.79 Å². The van der Waals surface area contributed by atoms with E-state index in [4.69, 9.17) is 4.74 Å². The van der Waals surface area contributed by atoms with E-state index < -0.39 is 0 Å². The quantitative estimate of drug-likeness (QED) is 0.668. The lowest BCUT2D eigenvalue weighted by Crippen LogP contribution is -2.22. The maximum Gasteiger partial charge on any atom is 0.271 e. The van der Waals surface area contributed by atoms with Crippen LogP contribution in [0.5, 0.6) is 5.88 Å². The van der Waals surface area contributed by atoms with Crippen molar-refractivity contribution in [1.82, 2.24) is 9.55 Å². The molecule has 0 bridgehead atoms. The Hall–Kier alpha value is -2.40. The van der Waals surface area contributed by atoms with Crippen LogP contribution in [-0.4, -0.2) is 9.55 Å². The van der Waals surface area contributed by atoms with Crippen molar-refractivity contribution in [2.75, 3.05) is 0 Å². The maximum absolute atomic E-state index is 12.4. The lowest BCUT2D eigenvalue weighted by atomic mass is 10.2. The predicted molar refractivity (Wildman–Crippen MR) is 97.3 cm³/mol. The Labute approximate surface area is 148 Å². The molecule has 122 valence electrons. The number of benzene rings is 2. The molecule has 3 aromatic rings. The van der Waals surface area contributed by atoms with Crippen molar-refractivity contribution < 1.29 is 4.74 Å². The summed E-state index contributed by atoms with van der Waals surface area (Å²) in [6.07, 6.45) is 1.52. The van der Waals surface area contributed by atoms with E-state index in [0.29, 0.717) is 23.5 Å². The standard InChI is InChI=1S/C19H17BrN2O2/c1-14-7-9-16(10-8-14)12-24-18-17(20)19(23)22(13-21-18)11-15-5-3-2-4-6-15/h2-10,13H,11-12H2,1H3. The number of hydrogen-bond donors (Lipinski definition) is 0. The lowest BCUT2D eigenvalue weighted by Gasteiger charge is -2.10. The Morgan fingerprint density at radius 3 is 2.46 bits per heavy atom. The molecule has 0 saturated heterocycles. The van der Waals surface area contributed by atoms with Crippen molar-refractivity contribution in [2.45, 2.75) is 20.1 Å². The molecule has 0 unspecified atom stereocenters. The van der Waals surface area contributed by atoms with Crippen LogP contribution in [0.2, 0.25) is 0 Å². The Bertz CT molecular complexity index is 874. The molecule has 0 radical (unpaired) electrons. The third-order valence-electron chi connectivity index (χ3n) is 3.64. The van der Waals surface area contributed by atoms with E-state index in [1.807, 2.05) is 61.5 Å². The fraction of sp³-hybridized carbons (Fsp3) is 0.158. The van der Waals surface area contributed by atoms with Gasteiger partial charge in [0.05, 0.1) is 6.54 Å². The topological polar surface area (TPSA) is 44.1 Å². The number of aromatic nitrogens is 2. The average molecular weight is 385 g/mol. The molecule has 4 nitrogen and oxygen atoms in total. The molecule has 0 spiro atoms. The molecular weight excluding hydrogens is 368 g/mol. The Kier molecular flexibility index (Phi) is 5.11. The van der Waals surface area contributed by atoms with Crippen LogP contribution in [-0.2, 0) is 13.2 Å². The SMILES string of the molecule is Cc1ccc(COc2ncn(Cc3ccccc3)c(=O)c2Br)cc1. The highest BCUT2D eigenvalue weighted by Crippen LogP contribution is 2.19. The van der Waals surface area contributed by atoms with Crippen LogP contribution in [0.1, 0.15) is 16.7 Å². The van der Waals surface area contributed by atoms with E-state index in [0.717, 1.165) is 11.1 Å². The van der Waals surface area contributed by atoms with Crippen molar-refractivity contribution >= 4 is 15.9 Å². The molecule has 24 heavy (non-hydrogen) atoms. The van der Waals surface area contributed by atoms with Gasteiger partial charge in [-0.2, -0.15) is 0 Å². The zero-order chi connectivity index (χ0) is 16.9. The van der Waals surface area contributed by atoms with Crippen LogP contribution in [0.3, 0.4) is 0 Å². The van der Waals surface area contributed by atoms with Crippen molar-refractivity contribution in [1.29, 1.82) is 0 Å². The molecule has 5 heteroatoms. The summed E-state index contributed by atoms with van der Waals surface area (Å²) in [5.41, 5.74) is 3.11. The molecule has 0 N–H and O–H groups in total. The number of ether oxygens (including phenoxy) is 1. The smallest absolute Gasteiger partial charge is 0.271 e. The van der Waals surface area contributed by atoms with Gasteiger partial charge in [-0.3, -0.25) is 9.36 Å². The minimum atomic E-state index is -0.159. The summed E-state index contributed by atoms with van der Waals surface area (Å²) in [5, 5.41) is 0. The number of halogens is 1. The third kappa shape index (κ3) is 3.92. The molecule has 0 fully saturated rings. The van der Waals surface area contributed by atoms with Gasteiger partial charge < -0.3 is 4.74 Å². The average Bonchev–Trinajstić information content (AvgIpc) is 2.61. The summed E-state index contributed by atoms with van der Waals surface area (Å²) in [4.78, 5) is 16.7. The molecule has 0 aliphatic heterocycles. The molecule has 1 aromatic heterocycles. The van der Waals surface area contributed by atoms with Crippen LogP contribution in [0.4, 0.5) is 0 Å². The van der Waals surface area contributed by atoms with E-state index in [-0.39, 0.29) is 5.56 Å². The van der Waals surface area contributed by atoms with Crippen LogP contribution < -0.4 is 10.3 Å². The summed E-state index contributed by atoms with van der Waals surface area (Å²) in [6, 6.07) is 17.8. The van der Waals surface area contributed by atoms with Gasteiger partial charge >= 0.3 is 0 Å². The zero-order valence-corrected chi connectivity index (χ0v) is 14.9. The van der Waals surface area contributed by atoms with Gasteiger partial charge in [0.25, 0.3) is 5.56 Å². The van der Waals surface area contributed by atoms with Crippen molar-refractivity contribution in [2.24, 2.45) is 0 Å². The minimum Gasteiger partial charge on any atom is -0.472 e. The second kappa shape index (κ2) is 7.45. The first-order valence-corrected chi connectivity index (χ1v) is 8.40. The zero-order valence-electron chi connectivity index (χ0n) is 13.3. The van der Waals surface area contributed by atoms with Crippen LogP contribution in [0.15, 0.2) is 70.2 Å². The first-order valence-electron chi connectivity index (χ1n) is 7.60. The fourth-order valence-electron chi connectivity index (χ4n) is 2.28. The molecule has 0 aliphatic rings. The first-order chi connectivity index (χ1) is 11.6. The Morgan fingerprint density at radius 1 is 1.04 bits per heavy atom. The van der Waals surface area contributed by atoms with Crippen LogP contribution >= 0.6 is 15.9 Å². The lowest BCUT2D eigenvalue weighted by molar-refractivity contribution is 0.289. The van der Waals surface area contributed by atoms with Crippen LogP contribution in [0.25, 0.3) is 0 Å². The largest absolute Gasteiger partial charge is 0.472 e. The molecule has 3 rings (SSSR count). The minimum absolute atomic E-state index is 0.159. The summed E-state index contributed by atoms with van der Waals surface area (Å²) in [6.45, 7) is 2.88. The Morgan fingerprint density at radius 2 is 1.75 bits per heavy atom. The van der Waals surface area contributed by atoms with Gasteiger partial charge in [-0.1, -0.05) is 60.2 Å². The highest BCUT2D eigenvalue weighted by Gasteiger charge is 2.11. The van der Waals surface area contributed by atoms with Gasteiger partial charge in [0.1, 0.15) is 17.4 Å². The number of rotatable bonds is 5. The second-order valence-electron chi connectivity index (χ2n) is 5.56. The van der Waals surface area contributed by atoms with E-state index in [1.165, 1.54) is 11.9 Å². The number of aryl methyl sites for hydroxylation is 1. The highest BCUT2D eigenvalue weighted by molar-refractivity contribution is 9.10. The molecule has 0 saturated carbocycles. The maximum atomic E-state index is 12.4. The van der Waals surface area contributed by atoms with Gasteiger partial charge in [-0.15, -0.1) is 0 Å². The molecule has 1 heterocycles. The van der Waals surface area contributed by atoms with Gasteiger partial charge in [0, 0.05) is 0 Å². The van der Waals surface area contributed by atoms with E-state index in [2.05, 4.69) is 20.9 Å². The van der Waals surface area contributed by atoms with E-state index >= 15 is 0 Å². The normalized spacial score (nSPS) is 10.6. The summed E-state index contributed by atoms with van der Waals surface area (Å²) in [5.74, 6) is 0.310. The summed E-state index contributed by atoms with van der Waals surface area (Å²) >= 11 is 3.31. The third-order valence-corrected chi connectivity index (χ3v) is 4.32. The second-order valence-corrected chi connectivity index (χ2v) is 6.35. The van der Waals surface area contributed by atoms with Gasteiger partial charge in [0.2, 0.25) is 5.88 Å². The molecule has 0 amide bonds. The number of nitrogens with zero attached hydrogens (tertiary/aromatic N) is 2. The van der Waals surface area contributed by atoms with Gasteiger partial charge in [-0.25, -0.2) is 4.98 Å². The molecule has 2 aromatic carbocycles.